The Morgan fingerprint density at radius 2 is 2.21 bits per heavy atom. The first-order valence-corrected chi connectivity index (χ1v) is 8.69. The Bertz CT molecular complexity index is 516. The lowest BCUT2D eigenvalue weighted by Crippen LogP contribution is -2.20. The predicted molar refractivity (Wildman–Crippen MR) is 85.2 cm³/mol. The standard InChI is InChI=1S/C14H23N3S2/c1-5-11(4)19-13-12(9-15-8-10(2)3)17-6-7-18-14(17)16-13/h6-7,10-11,15H,5,8-9H2,1-4H3. The minimum atomic E-state index is 0.619. The Morgan fingerprint density at radius 3 is 2.89 bits per heavy atom. The summed E-state index contributed by atoms with van der Waals surface area (Å²) >= 11 is 3.60. The van der Waals surface area contributed by atoms with Gasteiger partial charge in [0.25, 0.3) is 0 Å². The van der Waals surface area contributed by atoms with Crippen LogP contribution in [0.3, 0.4) is 0 Å². The number of hydrogen-bond donors (Lipinski definition) is 1. The topological polar surface area (TPSA) is 29.3 Å². The highest BCUT2D eigenvalue weighted by Crippen LogP contribution is 2.30. The molecule has 0 saturated heterocycles. The van der Waals surface area contributed by atoms with Gasteiger partial charge in [-0.25, -0.2) is 4.98 Å². The zero-order valence-electron chi connectivity index (χ0n) is 12.1. The molecule has 2 aromatic rings. The summed E-state index contributed by atoms with van der Waals surface area (Å²) in [5.74, 6) is 0.677. The number of hydrogen-bond acceptors (Lipinski definition) is 4. The van der Waals surface area contributed by atoms with Crippen molar-refractivity contribution in [3.05, 3.63) is 17.3 Å². The lowest BCUT2D eigenvalue weighted by Gasteiger charge is -2.10. The molecular weight excluding hydrogens is 274 g/mol. The summed E-state index contributed by atoms with van der Waals surface area (Å²) in [7, 11) is 0. The molecule has 0 aliphatic rings. The van der Waals surface area contributed by atoms with E-state index in [1.165, 1.54) is 17.1 Å². The van der Waals surface area contributed by atoms with Gasteiger partial charge in [-0.1, -0.05) is 27.7 Å². The van der Waals surface area contributed by atoms with Gasteiger partial charge in [0.05, 0.1) is 5.69 Å². The molecule has 0 saturated carbocycles. The average molecular weight is 297 g/mol. The average Bonchev–Trinajstić information content (AvgIpc) is 2.91. The van der Waals surface area contributed by atoms with Crippen molar-refractivity contribution in [3.63, 3.8) is 0 Å². The van der Waals surface area contributed by atoms with E-state index >= 15 is 0 Å². The van der Waals surface area contributed by atoms with Gasteiger partial charge in [-0.05, 0) is 18.9 Å². The number of aromatic nitrogens is 2. The van der Waals surface area contributed by atoms with Gasteiger partial charge in [0.2, 0.25) is 0 Å². The summed E-state index contributed by atoms with van der Waals surface area (Å²) in [6.45, 7) is 10.9. The summed E-state index contributed by atoms with van der Waals surface area (Å²) in [6, 6.07) is 0. The monoisotopic (exact) mass is 297 g/mol. The Hall–Kier alpha value is -0.520. The van der Waals surface area contributed by atoms with E-state index in [1.54, 1.807) is 11.3 Å². The second-order valence-electron chi connectivity index (χ2n) is 5.28. The van der Waals surface area contributed by atoms with Gasteiger partial charge in [-0.3, -0.25) is 4.40 Å². The van der Waals surface area contributed by atoms with E-state index in [4.69, 9.17) is 4.98 Å². The molecule has 0 bridgehead atoms. The quantitative estimate of drug-likeness (QED) is 0.782. The zero-order valence-corrected chi connectivity index (χ0v) is 13.8. The number of rotatable bonds is 7. The highest BCUT2D eigenvalue weighted by molar-refractivity contribution is 7.99. The minimum absolute atomic E-state index is 0.619. The molecule has 3 nitrogen and oxygen atoms in total. The molecule has 106 valence electrons. The van der Waals surface area contributed by atoms with Crippen LogP contribution in [0.4, 0.5) is 0 Å². The molecule has 5 heteroatoms. The molecule has 19 heavy (non-hydrogen) atoms. The van der Waals surface area contributed by atoms with Gasteiger partial charge in [-0.2, -0.15) is 0 Å². The first-order chi connectivity index (χ1) is 9.11. The number of nitrogens with zero attached hydrogens (tertiary/aromatic N) is 2. The Kier molecular flexibility index (Phi) is 5.30. The van der Waals surface area contributed by atoms with Crippen LogP contribution in [0, 0.1) is 5.92 Å². The lowest BCUT2D eigenvalue weighted by atomic mass is 10.2. The Balaban J connectivity index is 2.16. The normalized spacial score (nSPS) is 13.5. The molecule has 0 aromatic carbocycles. The van der Waals surface area contributed by atoms with Crippen LogP contribution in [-0.4, -0.2) is 21.2 Å². The number of imidazole rings is 1. The fourth-order valence-corrected chi connectivity index (χ4v) is 3.61. The van der Waals surface area contributed by atoms with Gasteiger partial charge in [0, 0.05) is 23.4 Å². The Labute approximate surface area is 123 Å². The molecule has 0 fully saturated rings. The molecular formula is C14H23N3S2. The second kappa shape index (κ2) is 6.77. The van der Waals surface area contributed by atoms with Crippen LogP contribution in [0.25, 0.3) is 4.96 Å². The van der Waals surface area contributed by atoms with Crippen LogP contribution < -0.4 is 5.32 Å². The SMILES string of the molecule is CCC(C)Sc1nc2sccn2c1CNCC(C)C. The van der Waals surface area contributed by atoms with E-state index in [9.17, 15) is 0 Å². The molecule has 0 spiro atoms. The predicted octanol–water partition coefficient (Wildman–Crippen LogP) is 4.03. The number of thiazole rings is 1. The zero-order chi connectivity index (χ0) is 13.8. The maximum atomic E-state index is 4.76. The lowest BCUT2D eigenvalue weighted by molar-refractivity contribution is 0.544. The highest BCUT2D eigenvalue weighted by atomic mass is 32.2. The minimum Gasteiger partial charge on any atom is -0.311 e. The van der Waals surface area contributed by atoms with Crippen molar-refractivity contribution in [3.8, 4) is 0 Å². The van der Waals surface area contributed by atoms with Crippen LogP contribution >= 0.6 is 23.1 Å². The van der Waals surface area contributed by atoms with E-state index in [2.05, 4.69) is 49.0 Å². The van der Waals surface area contributed by atoms with Crippen molar-refractivity contribution in [1.29, 1.82) is 0 Å². The van der Waals surface area contributed by atoms with E-state index in [0.29, 0.717) is 11.2 Å². The first-order valence-electron chi connectivity index (χ1n) is 6.93. The van der Waals surface area contributed by atoms with E-state index < -0.39 is 0 Å². The molecule has 2 heterocycles. The van der Waals surface area contributed by atoms with Crippen LogP contribution in [0.15, 0.2) is 16.6 Å². The van der Waals surface area contributed by atoms with E-state index in [1.807, 2.05) is 11.8 Å². The molecule has 1 N–H and O–H groups in total. The number of nitrogens with one attached hydrogen (secondary N) is 1. The van der Waals surface area contributed by atoms with Crippen molar-refractivity contribution < 1.29 is 0 Å². The summed E-state index contributed by atoms with van der Waals surface area (Å²) in [5.41, 5.74) is 1.31. The number of fused-ring (bicyclic) bond motifs is 1. The summed E-state index contributed by atoms with van der Waals surface area (Å²) in [5, 5.41) is 7.45. The van der Waals surface area contributed by atoms with E-state index in [0.717, 1.165) is 18.1 Å². The van der Waals surface area contributed by atoms with Gasteiger partial charge in [0.1, 0.15) is 5.03 Å². The first kappa shape index (κ1) is 14.9. The molecule has 2 aromatic heterocycles. The molecule has 1 atom stereocenters. The highest BCUT2D eigenvalue weighted by Gasteiger charge is 2.15. The second-order valence-corrected chi connectivity index (χ2v) is 7.58. The molecule has 0 amide bonds. The van der Waals surface area contributed by atoms with Gasteiger partial charge in [0.15, 0.2) is 4.96 Å². The smallest absolute Gasteiger partial charge is 0.194 e. The third-order valence-corrected chi connectivity index (χ3v) is 5.10. The van der Waals surface area contributed by atoms with Gasteiger partial charge in [-0.15, -0.1) is 23.1 Å². The largest absolute Gasteiger partial charge is 0.311 e. The van der Waals surface area contributed by atoms with Crippen molar-refractivity contribution in [2.24, 2.45) is 5.92 Å². The molecule has 0 aliphatic carbocycles. The maximum Gasteiger partial charge on any atom is 0.194 e. The third kappa shape index (κ3) is 3.74. The summed E-state index contributed by atoms with van der Waals surface area (Å²) < 4.78 is 2.22. The molecule has 0 aliphatic heterocycles. The Morgan fingerprint density at radius 1 is 1.42 bits per heavy atom. The summed E-state index contributed by atoms with van der Waals surface area (Å²) in [4.78, 5) is 5.87. The van der Waals surface area contributed by atoms with Gasteiger partial charge >= 0.3 is 0 Å². The van der Waals surface area contributed by atoms with Crippen molar-refractivity contribution in [2.45, 2.75) is 50.9 Å². The molecule has 0 radical (unpaired) electrons. The number of thioether (sulfide) groups is 1. The maximum absolute atomic E-state index is 4.76. The van der Waals surface area contributed by atoms with Gasteiger partial charge < -0.3 is 5.32 Å². The van der Waals surface area contributed by atoms with Crippen molar-refractivity contribution in [1.82, 2.24) is 14.7 Å². The van der Waals surface area contributed by atoms with Crippen LogP contribution in [0.2, 0.25) is 0 Å². The fourth-order valence-electron chi connectivity index (χ4n) is 1.82. The van der Waals surface area contributed by atoms with Crippen LogP contribution in [0.5, 0.6) is 0 Å². The molecule has 1 unspecified atom stereocenters. The van der Waals surface area contributed by atoms with E-state index in [-0.39, 0.29) is 0 Å². The molecule has 2 rings (SSSR count). The third-order valence-electron chi connectivity index (χ3n) is 3.06. The van der Waals surface area contributed by atoms with Crippen LogP contribution in [0.1, 0.15) is 39.8 Å². The van der Waals surface area contributed by atoms with Crippen molar-refractivity contribution in [2.75, 3.05) is 6.54 Å². The van der Waals surface area contributed by atoms with Crippen LogP contribution in [-0.2, 0) is 6.54 Å². The summed E-state index contributed by atoms with van der Waals surface area (Å²) in [6.07, 6.45) is 3.30. The van der Waals surface area contributed by atoms with Crippen molar-refractivity contribution >= 4 is 28.1 Å². The fraction of sp³-hybridized carbons (Fsp3) is 0.643.